The molecule has 2 nitrogen and oxygen atoms in total. The number of thiocarbonyl (C=S) groups is 1. The van der Waals surface area contributed by atoms with Crippen molar-refractivity contribution in [3.8, 4) is 0 Å². The number of aliphatic imine (C=N–C) groups is 1. The van der Waals surface area contributed by atoms with Crippen molar-refractivity contribution in [3.63, 3.8) is 0 Å². The Kier molecular flexibility index (Phi) is 4.99. The van der Waals surface area contributed by atoms with E-state index in [0.29, 0.717) is 0 Å². The molecule has 0 aromatic rings. The van der Waals surface area contributed by atoms with Crippen LogP contribution in [0.1, 0.15) is 45.4 Å². The second-order valence-corrected chi connectivity index (χ2v) is 4.23. The summed E-state index contributed by atoms with van der Waals surface area (Å²) in [5.74, 6) is 0.897. The highest BCUT2D eigenvalue weighted by Gasteiger charge is 2.25. The Bertz CT molecular complexity index is 238. The monoisotopic (exact) mass is 211 g/mol. The van der Waals surface area contributed by atoms with Gasteiger partial charge in [-0.25, -0.2) is 0 Å². The zero-order valence-electron chi connectivity index (χ0n) is 8.66. The lowest BCUT2D eigenvalue weighted by Gasteiger charge is -2.25. The summed E-state index contributed by atoms with van der Waals surface area (Å²) in [7, 11) is 0. The summed E-state index contributed by atoms with van der Waals surface area (Å²) in [4.78, 5) is 14.9. The smallest absolute Gasteiger partial charge is 0.257 e. The molecule has 0 saturated heterocycles. The Morgan fingerprint density at radius 3 is 2.57 bits per heavy atom. The van der Waals surface area contributed by atoms with Crippen LogP contribution in [0.25, 0.3) is 0 Å². The van der Waals surface area contributed by atoms with E-state index in [1.165, 1.54) is 25.7 Å². The van der Waals surface area contributed by atoms with Gasteiger partial charge in [-0.2, -0.15) is 4.99 Å². The molecule has 0 unspecified atom stereocenters. The molecule has 0 aromatic heterocycles. The summed E-state index contributed by atoms with van der Waals surface area (Å²) in [6, 6.07) is 0. The minimum absolute atomic E-state index is 0.0602. The lowest BCUT2D eigenvalue weighted by atomic mass is 9.80. The number of hydrogen-bond donors (Lipinski definition) is 0. The zero-order chi connectivity index (χ0) is 10.4. The molecule has 0 radical (unpaired) electrons. The van der Waals surface area contributed by atoms with Gasteiger partial charge in [0, 0.05) is 5.92 Å². The number of amides is 1. The van der Waals surface area contributed by atoms with E-state index < -0.39 is 0 Å². The molecule has 0 aromatic carbocycles. The molecule has 0 spiro atoms. The molecule has 0 bridgehead atoms. The Morgan fingerprint density at radius 2 is 2.07 bits per heavy atom. The molecular formula is C11H17NOS. The number of carbonyl (C=O) groups excluding carboxylic acids is 1. The van der Waals surface area contributed by atoms with Gasteiger partial charge in [0.25, 0.3) is 5.91 Å². The Hall–Kier alpha value is -0.530. The molecular weight excluding hydrogens is 194 g/mol. The summed E-state index contributed by atoms with van der Waals surface area (Å²) < 4.78 is 0. The fourth-order valence-corrected chi connectivity index (χ4v) is 2.33. The van der Waals surface area contributed by atoms with Crippen LogP contribution in [0.4, 0.5) is 0 Å². The topological polar surface area (TPSA) is 29.4 Å². The third-order valence-electron chi connectivity index (χ3n) is 3.05. The zero-order valence-corrected chi connectivity index (χ0v) is 9.48. The van der Waals surface area contributed by atoms with Crippen LogP contribution in [0, 0.1) is 11.8 Å². The molecule has 0 atom stereocenters. The summed E-state index contributed by atoms with van der Waals surface area (Å²) >= 11 is 4.42. The maximum absolute atomic E-state index is 11.4. The standard InChI is InChI=1S/C11H17NOS/c1-2-3-9-4-6-10(7-5-9)11(13)12-8-14/h9-10H,2-7H2,1H3. The van der Waals surface area contributed by atoms with Gasteiger partial charge < -0.3 is 0 Å². The first-order valence-electron chi connectivity index (χ1n) is 5.39. The quantitative estimate of drug-likeness (QED) is 0.530. The molecule has 0 heterocycles. The number of rotatable bonds is 3. The van der Waals surface area contributed by atoms with Crippen LogP contribution in [-0.4, -0.2) is 11.1 Å². The second-order valence-electron chi connectivity index (χ2n) is 4.05. The van der Waals surface area contributed by atoms with E-state index in [9.17, 15) is 4.79 Å². The van der Waals surface area contributed by atoms with Gasteiger partial charge in [0.15, 0.2) is 0 Å². The summed E-state index contributed by atoms with van der Waals surface area (Å²) in [6.07, 6.45) is 6.89. The predicted molar refractivity (Wildman–Crippen MR) is 60.4 cm³/mol. The number of isothiocyanates is 1. The van der Waals surface area contributed by atoms with Crippen molar-refractivity contribution in [1.29, 1.82) is 0 Å². The van der Waals surface area contributed by atoms with E-state index in [4.69, 9.17) is 0 Å². The number of nitrogens with zero attached hydrogens (tertiary/aromatic N) is 1. The van der Waals surface area contributed by atoms with Crippen molar-refractivity contribution >= 4 is 23.3 Å². The molecule has 3 heteroatoms. The van der Waals surface area contributed by atoms with Gasteiger partial charge in [-0.05, 0) is 43.8 Å². The highest BCUT2D eigenvalue weighted by Crippen LogP contribution is 2.31. The normalized spacial score (nSPS) is 26.6. The van der Waals surface area contributed by atoms with E-state index in [2.05, 4.69) is 29.3 Å². The van der Waals surface area contributed by atoms with Crippen molar-refractivity contribution < 1.29 is 4.79 Å². The SMILES string of the molecule is CCCC1CCC(C(=O)N=C=S)CC1. The van der Waals surface area contributed by atoms with Crippen LogP contribution < -0.4 is 0 Å². The first-order valence-corrected chi connectivity index (χ1v) is 5.80. The Labute approximate surface area is 90.8 Å². The van der Waals surface area contributed by atoms with Gasteiger partial charge in [0.1, 0.15) is 0 Å². The van der Waals surface area contributed by atoms with Crippen LogP contribution >= 0.6 is 12.2 Å². The van der Waals surface area contributed by atoms with Crippen molar-refractivity contribution in [1.82, 2.24) is 0 Å². The number of carbonyl (C=O) groups is 1. The molecule has 0 N–H and O–H groups in total. The molecule has 14 heavy (non-hydrogen) atoms. The third-order valence-corrected chi connectivity index (χ3v) is 3.14. The summed E-state index contributed by atoms with van der Waals surface area (Å²) in [6.45, 7) is 2.22. The summed E-state index contributed by atoms with van der Waals surface area (Å²) in [5.41, 5.74) is 0. The van der Waals surface area contributed by atoms with E-state index >= 15 is 0 Å². The van der Waals surface area contributed by atoms with Gasteiger partial charge in [0.2, 0.25) is 0 Å². The van der Waals surface area contributed by atoms with Crippen LogP contribution in [0.2, 0.25) is 0 Å². The lowest BCUT2D eigenvalue weighted by Crippen LogP contribution is -2.20. The fourth-order valence-electron chi connectivity index (χ4n) is 2.24. The molecule has 1 aliphatic carbocycles. The first kappa shape index (κ1) is 11.5. The average Bonchev–Trinajstić information content (AvgIpc) is 2.20. The minimum atomic E-state index is -0.0602. The molecule has 0 aliphatic heterocycles. The lowest BCUT2D eigenvalue weighted by molar-refractivity contribution is -0.122. The van der Waals surface area contributed by atoms with E-state index in [-0.39, 0.29) is 11.8 Å². The van der Waals surface area contributed by atoms with Gasteiger partial charge in [-0.3, -0.25) is 4.79 Å². The largest absolute Gasteiger partial charge is 0.272 e. The molecule has 1 rings (SSSR count). The predicted octanol–water partition coefficient (Wildman–Crippen LogP) is 3.22. The fraction of sp³-hybridized carbons (Fsp3) is 0.818. The van der Waals surface area contributed by atoms with Crippen molar-refractivity contribution in [2.24, 2.45) is 16.8 Å². The number of hydrogen-bond acceptors (Lipinski definition) is 2. The molecule has 1 amide bonds. The van der Waals surface area contributed by atoms with Crippen LogP contribution in [0.5, 0.6) is 0 Å². The van der Waals surface area contributed by atoms with Gasteiger partial charge in [-0.15, -0.1) is 0 Å². The first-order chi connectivity index (χ1) is 6.77. The Morgan fingerprint density at radius 1 is 1.43 bits per heavy atom. The highest BCUT2D eigenvalue weighted by molar-refractivity contribution is 7.78. The van der Waals surface area contributed by atoms with E-state index in [0.717, 1.165) is 18.8 Å². The molecule has 1 fully saturated rings. The minimum Gasteiger partial charge on any atom is -0.272 e. The molecule has 1 saturated carbocycles. The van der Waals surface area contributed by atoms with Crippen LogP contribution in [0.3, 0.4) is 0 Å². The Balaban J connectivity index is 2.35. The molecule has 78 valence electrons. The van der Waals surface area contributed by atoms with Gasteiger partial charge in [0.05, 0.1) is 5.16 Å². The second kappa shape index (κ2) is 6.05. The van der Waals surface area contributed by atoms with Crippen molar-refractivity contribution in [3.05, 3.63) is 0 Å². The maximum Gasteiger partial charge on any atom is 0.257 e. The highest BCUT2D eigenvalue weighted by atomic mass is 32.1. The van der Waals surface area contributed by atoms with Gasteiger partial charge in [-0.1, -0.05) is 19.8 Å². The third kappa shape index (κ3) is 3.32. The maximum atomic E-state index is 11.4. The van der Waals surface area contributed by atoms with Crippen LogP contribution in [-0.2, 0) is 4.79 Å². The van der Waals surface area contributed by atoms with Crippen LogP contribution in [0.15, 0.2) is 4.99 Å². The van der Waals surface area contributed by atoms with E-state index in [1.807, 2.05) is 0 Å². The van der Waals surface area contributed by atoms with Crippen molar-refractivity contribution in [2.45, 2.75) is 45.4 Å². The molecule has 1 aliphatic rings. The van der Waals surface area contributed by atoms with Crippen molar-refractivity contribution in [2.75, 3.05) is 0 Å². The summed E-state index contributed by atoms with van der Waals surface area (Å²) in [5, 5.41) is 2.16. The average molecular weight is 211 g/mol. The van der Waals surface area contributed by atoms with Gasteiger partial charge >= 0.3 is 0 Å². The van der Waals surface area contributed by atoms with E-state index in [1.54, 1.807) is 0 Å².